The van der Waals surface area contributed by atoms with Crippen LogP contribution in [0, 0.1) is 11.6 Å². The fraction of sp³-hybridized carbons (Fsp3) is 0.227. The summed E-state index contributed by atoms with van der Waals surface area (Å²) in [5.74, 6) is -2.10. The summed E-state index contributed by atoms with van der Waals surface area (Å²) in [7, 11) is 1.28. The number of halogens is 2. The number of rotatable bonds is 5. The third-order valence-corrected chi connectivity index (χ3v) is 4.80. The van der Waals surface area contributed by atoms with Crippen molar-refractivity contribution >= 4 is 16.7 Å². The number of ether oxygens (including phenoxy) is 2. The highest BCUT2D eigenvalue weighted by atomic mass is 19.2. The lowest BCUT2D eigenvalue weighted by molar-refractivity contribution is 0.0600. The molecule has 0 N–H and O–H groups in total. The van der Waals surface area contributed by atoms with Crippen molar-refractivity contribution in [3.8, 4) is 5.75 Å². The molecule has 0 aromatic heterocycles. The first-order valence-corrected chi connectivity index (χ1v) is 8.79. The van der Waals surface area contributed by atoms with E-state index in [0.29, 0.717) is 10.9 Å². The van der Waals surface area contributed by atoms with Crippen molar-refractivity contribution in [3.05, 3.63) is 76.9 Å². The van der Waals surface area contributed by atoms with E-state index in [0.717, 1.165) is 18.4 Å². The van der Waals surface area contributed by atoms with Gasteiger partial charge in [0.25, 0.3) is 0 Å². The Morgan fingerprint density at radius 1 is 1.11 bits per heavy atom. The quantitative estimate of drug-likeness (QED) is 0.569. The van der Waals surface area contributed by atoms with Gasteiger partial charge in [0.15, 0.2) is 11.6 Å². The van der Waals surface area contributed by atoms with Gasteiger partial charge in [-0.3, -0.25) is 0 Å². The summed E-state index contributed by atoms with van der Waals surface area (Å²) in [5.41, 5.74) is 1.84. The van der Waals surface area contributed by atoms with Gasteiger partial charge < -0.3 is 9.47 Å². The smallest absolute Gasteiger partial charge is 0.338 e. The van der Waals surface area contributed by atoms with Crippen molar-refractivity contribution in [3.63, 3.8) is 0 Å². The molecule has 0 saturated heterocycles. The number of fused-ring (bicyclic) bond motifs is 1. The fourth-order valence-corrected chi connectivity index (χ4v) is 3.28. The van der Waals surface area contributed by atoms with E-state index >= 15 is 0 Å². The highest BCUT2D eigenvalue weighted by Crippen LogP contribution is 2.46. The molecule has 0 radical (unpaired) electrons. The number of esters is 1. The van der Waals surface area contributed by atoms with E-state index in [1.165, 1.54) is 19.2 Å². The van der Waals surface area contributed by atoms with Crippen molar-refractivity contribution in [1.82, 2.24) is 0 Å². The van der Waals surface area contributed by atoms with Crippen LogP contribution < -0.4 is 4.74 Å². The molecule has 1 aliphatic rings. The molecule has 5 heteroatoms. The summed E-state index contributed by atoms with van der Waals surface area (Å²) in [6, 6.07) is 13.6. The average molecular weight is 368 g/mol. The van der Waals surface area contributed by atoms with Gasteiger partial charge in [-0.05, 0) is 53.5 Å². The zero-order valence-electron chi connectivity index (χ0n) is 14.8. The average Bonchev–Trinajstić information content (AvgIpc) is 3.53. The van der Waals surface area contributed by atoms with Crippen LogP contribution in [0.25, 0.3) is 10.8 Å². The standard InChI is InChI=1S/C22H18F2O3/c1-26-22(25)15-9-17-16(14-7-8-14)11-18(23)21(24)20(17)19(10-15)27-12-13-5-3-2-4-6-13/h2-6,9-11,14H,7-8,12H2,1H3. The van der Waals surface area contributed by atoms with Gasteiger partial charge in [-0.1, -0.05) is 30.3 Å². The highest BCUT2D eigenvalue weighted by Gasteiger charge is 2.29. The number of benzene rings is 3. The van der Waals surface area contributed by atoms with Crippen molar-refractivity contribution < 1.29 is 23.0 Å². The minimum atomic E-state index is -0.964. The second kappa shape index (κ2) is 6.99. The van der Waals surface area contributed by atoms with E-state index in [1.807, 2.05) is 30.3 Å². The van der Waals surface area contributed by atoms with E-state index in [-0.39, 0.29) is 29.2 Å². The van der Waals surface area contributed by atoms with E-state index in [2.05, 4.69) is 0 Å². The van der Waals surface area contributed by atoms with Crippen molar-refractivity contribution in [2.75, 3.05) is 7.11 Å². The second-order valence-corrected chi connectivity index (χ2v) is 6.70. The molecule has 0 spiro atoms. The number of carbonyl (C=O) groups excluding carboxylic acids is 1. The molecule has 1 saturated carbocycles. The summed E-state index contributed by atoms with van der Waals surface area (Å²) in [4.78, 5) is 12.1. The molecule has 0 heterocycles. The highest BCUT2D eigenvalue weighted by molar-refractivity contribution is 6.00. The van der Waals surface area contributed by atoms with Crippen LogP contribution >= 0.6 is 0 Å². The number of hydrogen-bond donors (Lipinski definition) is 0. The second-order valence-electron chi connectivity index (χ2n) is 6.70. The topological polar surface area (TPSA) is 35.5 Å². The van der Waals surface area contributed by atoms with Gasteiger partial charge in [-0.15, -0.1) is 0 Å². The largest absolute Gasteiger partial charge is 0.488 e. The van der Waals surface area contributed by atoms with Crippen molar-refractivity contribution in [2.24, 2.45) is 0 Å². The zero-order valence-corrected chi connectivity index (χ0v) is 14.8. The van der Waals surface area contributed by atoms with Gasteiger partial charge in [-0.2, -0.15) is 0 Å². The minimum Gasteiger partial charge on any atom is -0.488 e. The summed E-state index contributed by atoms with van der Waals surface area (Å²) < 4.78 is 39.6. The first-order chi connectivity index (χ1) is 13.1. The predicted octanol–water partition coefficient (Wildman–Crippen LogP) is 5.36. The van der Waals surface area contributed by atoms with Crippen LogP contribution in [-0.2, 0) is 11.3 Å². The van der Waals surface area contributed by atoms with Gasteiger partial charge in [0.1, 0.15) is 12.4 Å². The maximum atomic E-state index is 14.7. The molecule has 0 bridgehead atoms. The Hall–Kier alpha value is -2.95. The molecule has 0 atom stereocenters. The molecular formula is C22H18F2O3. The monoisotopic (exact) mass is 368 g/mol. The molecule has 27 heavy (non-hydrogen) atoms. The Labute approximate surface area is 155 Å². The third kappa shape index (κ3) is 3.37. The molecule has 3 aromatic carbocycles. The fourth-order valence-electron chi connectivity index (χ4n) is 3.28. The lowest BCUT2D eigenvalue weighted by atomic mass is 9.97. The van der Waals surface area contributed by atoms with Gasteiger partial charge in [0.05, 0.1) is 18.1 Å². The molecule has 1 fully saturated rings. The molecule has 3 aromatic rings. The van der Waals surface area contributed by atoms with Crippen LogP contribution in [0.4, 0.5) is 8.78 Å². The Kier molecular flexibility index (Phi) is 4.52. The van der Waals surface area contributed by atoms with E-state index in [1.54, 1.807) is 6.07 Å². The van der Waals surface area contributed by atoms with Crippen LogP contribution in [0.15, 0.2) is 48.5 Å². The molecule has 1 aliphatic carbocycles. The van der Waals surface area contributed by atoms with E-state index in [9.17, 15) is 13.6 Å². The van der Waals surface area contributed by atoms with Gasteiger partial charge in [0, 0.05) is 0 Å². The Balaban J connectivity index is 1.87. The first-order valence-electron chi connectivity index (χ1n) is 8.79. The Morgan fingerprint density at radius 2 is 1.85 bits per heavy atom. The molecular weight excluding hydrogens is 350 g/mol. The first kappa shape index (κ1) is 17.5. The van der Waals surface area contributed by atoms with Crippen LogP contribution in [-0.4, -0.2) is 13.1 Å². The number of carbonyl (C=O) groups is 1. The number of hydrogen-bond acceptors (Lipinski definition) is 3. The summed E-state index contributed by atoms with van der Waals surface area (Å²) in [6.07, 6.45) is 1.84. The van der Waals surface area contributed by atoms with E-state index < -0.39 is 17.6 Å². The molecule has 0 aliphatic heterocycles. The van der Waals surface area contributed by atoms with Crippen LogP contribution in [0.5, 0.6) is 5.75 Å². The SMILES string of the molecule is COC(=O)c1cc(OCc2ccccc2)c2c(F)c(F)cc(C3CC3)c2c1. The van der Waals surface area contributed by atoms with Gasteiger partial charge in [-0.25, -0.2) is 13.6 Å². The van der Waals surface area contributed by atoms with Crippen molar-refractivity contribution in [1.29, 1.82) is 0 Å². The summed E-state index contributed by atoms with van der Waals surface area (Å²) >= 11 is 0. The molecule has 0 unspecified atom stereocenters. The molecule has 3 nitrogen and oxygen atoms in total. The lowest BCUT2D eigenvalue weighted by Crippen LogP contribution is -2.05. The van der Waals surface area contributed by atoms with Crippen LogP contribution in [0.1, 0.15) is 40.2 Å². The predicted molar refractivity (Wildman–Crippen MR) is 98.0 cm³/mol. The van der Waals surface area contributed by atoms with Crippen LogP contribution in [0.3, 0.4) is 0 Å². The summed E-state index contributed by atoms with van der Waals surface area (Å²) in [5, 5.41) is 0.572. The maximum Gasteiger partial charge on any atom is 0.338 e. The zero-order chi connectivity index (χ0) is 19.0. The van der Waals surface area contributed by atoms with Gasteiger partial charge in [0.2, 0.25) is 0 Å². The van der Waals surface area contributed by atoms with Crippen molar-refractivity contribution in [2.45, 2.75) is 25.4 Å². The maximum absolute atomic E-state index is 14.7. The minimum absolute atomic E-state index is 0.0699. The normalized spacial score (nSPS) is 13.6. The summed E-state index contributed by atoms with van der Waals surface area (Å²) in [6.45, 7) is 0.176. The van der Waals surface area contributed by atoms with E-state index in [4.69, 9.17) is 9.47 Å². The Morgan fingerprint density at radius 3 is 2.52 bits per heavy atom. The van der Waals surface area contributed by atoms with Gasteiger partial charge >= 0.3 is 5.97 Å². The lowest BCUT2D eigenvalue weighted by Gasteiger charge is -2.15. The third-order valence-electron chi connectivity index (χ3n) is 4.80. The Bertz CT molecular complexity index is 1010. The van der Waals surface area contributed by atoms with Crippen LogP contribution in [0.2, 0.25) is 0 Å². The number of methoxy groups -OCH3 is 1. The molecule has 0 amide bonds. The molecule has 138 valence electrons. The molecule has 4 rings (SSSR count).